The molecule has 1 aliphatic carbocycles. The Labute approximate surface area is 97.3 Å². The molecule has 0 atom stereocenters. The summed E-state index contributed by atoms with van der Waals surface area (Å²) in [6, 6.07) is 4.25. The molecule has 0 radical (unpaired) electrons. The van der Waals surface area contributed by atoms with Crippen LogP contribution in [0, 0.1) is 0 Å². The molecule has 14 heavy (non-hydrogen) atoms. The number of aliphatic hydroxyl groups is 1. The smallest absolute Gasteiger partial charge is 0.0701 e. The molecule has 2 rings (SSSR count). The van der Waals surface area contributed by atoms with Crippen molar-refractivity contribution in [3.05, 3.63) is 20.8 Å². The van der Waals surface area contributed by atoms with Crippen LogP contribution >= 0.6 is 27.3 Å². The molecule has 0 unspecified atom stereocenters. The van der Waals surface area contributed by atoms with Gasteiger partial charge in [0.25, 0.3) is 0 Å². The molecule has 1 aromatic heterocycles. The summed E-state index contributed by atoms with van der Waals surface area (Å²) in [6.45, 7) is 0.306. The summed E-state index contributed by atoms with van der Waals surface area (Å²) in [5.74, 6) is 0. The fourth-order valence-electron chi connectivity index (χ4n) is 2.31. The second-order valence-corrected chi connectivity index (χ2v) is 6.57. The Bertz CT molecular complexity index is 302. The van der Waals surface area contributed by atoms with Crippen LogP contribution in [-0.2, 0) is 5.41 Å². The lowest BCUT2D eigenvalue weighted by Crippen LogP contribution is -2.31. The first-order chi connectivity index (χ1) is 6.77. The van der Waals surface area contributed by atoms with Gasteiger partial charge in [-0.05, 0) is 40.9 Å². The highest BCUT2D eigenvalue weighted by Crippen LogP contribution is 2.42. The van der Waals surface area contributed by atoms with Gasteiger partial charge in [0.05, 0.1) is 10.4 Å². The molecule has 0 bridgehead atoms. The summed E-state index contributed by atoms with van der Waals surface area (Å²) in [5.41, 5.74) is 0.0783. The normalized spacial score (nSPS) is 21.0. The number of rotatable bonds is 2. The quantitative estimate of drug-likeness (QED) is 0.872. The molecule has 78 valence electrons. The van der Waals surface area contributed by atoms with Crippen LogP contribution in [-0.4, -0.2) is 11.7 Å². The van der Waals surface area contributed by atoms with Crippen molar-refractivity contribution in [1.29, 1.82) is 0 Å². The van der Waals surface area contributed by atoms with Gasteiger partial charge in [-0.15, -0.1) is 11.3 Å². The third kappa shape index (κ3) is 1.90. The van der Waals surface area contributed by atoms with Gasteiger partial charge >= 0.3 is 0 Å². The number of hydrogen-bond acceptors (Lipinski definition) is 2. The molecule has 1 aliphatic rings. The largest absolute Gasteiger partial charge is 0.395 e. The molecule has 3 heteroatoms. The fourth-order valence-corrected chi connectivity index (χ4v) is 3.93. The monoisotopic (exact) mass is 274 g/mol. The molecular formula is C11H15BrOS. The Morgan fingerprint density at radius 3 is 2.50 bits per heavy atom. The zero-order valence-corrected chi connectivity index (χ0v) is 10.5. The summed E-state index contributed by atoms with van der Waals surface area (Å²) in [4.78, 5) is 1.35. The lowest BCUT2D eigenvalue weighted by atomic mass is 9.74. The summed E-state index contributed by atoms with van der Waals surface area (Å²) < 4.78 is 1.17. The number of halogens is 1. The Balaban J connectivity index is 2.26. The molecule has 1 saturated carbocycles. The Morgan fingerprint density at radius 1 is 1.29 bits per heavy atom. The topological polar surface area (TPSA) is 20.2 Å². The molecule has 1 N–H and O–H groups in total. The molecule has 1 heterocycles. The maximum Gasteiger partial charge on any atom is 0.0701 e. The maximum atomic E-state index is 9.60. The van der Waals surface area contributed by atoms with Gasteiger partial charge in [0, 0.05) is 10.3 Å². The van der Waals surface area contributed by atoms with Crippen LogP contribution in [0.25, 0.3) is 0 Å². The van der Waals surface area contributed by atoms with E-state index in [1.807, 2.05) is 0 Å². The van der Waals surface area contributed by atoms with Gasteiger partial charge in [0.2, 0.25) is 0 Å². The van der Waals surface area contributed by atoms with Crippen molar-refractivity contribution < 1.29 is 5.11 Å². The molecular weight excluding hydrogens is 260 g/mol. The average molecular weight is 275 g/mol. The van der Waals surface area contributed by atoms with E-state index in [1.54, 1.807) is 11.3 Å². The second-order valence-electron chi connectivity index (χ2n) is 4.10. The second kappa shape index (κ2) is 4.33. The van der Waals surface area contributed by atoms with Crippen LogP contribution < -0.4 is 0 Å². The van der Waals surface area contributed by atoms with Gasteiger partial charge in [0.1, 0.15) is 0 Å². The highest BCUT2D eigenvalue weighted by atomic mass is 79.9. The number of aliphatic hydroxyl groups excluding tert-OH is 1. The molecule has 0 amide bonds. The molecule has 0 aromatic carbocycles. The Hall–Kier alpha value is 0.140. The minimum absolute atomic E-state index is 0.0783. The predicted octanol–water partition coefficient (Wildman–Crippen LogP) is 3.70. The van der Waals surface area contributed by atoms with Crippen LogP contribution in [0.15, 0.2) is 15.9 Å². The van der Waals surface area contributed by atoms with Crippen molar-refractivity contribution in [2.75, 3.05) is 6.61 Å². The van der Waals surface area contributed by atoms with Crippen LogP contribution in [0.3, 0.4) is 0 Å². The minimum Gasteiger partial charge on any atom is -0.395 e. The summed E-state index contributed by atoms with van der Waals surface area (Å²) >= 11 is 5.26. The van der Waals surface area contributed by atoms with E-state index >= 15 is 0 Å². The standard InChI is InChI=1S/C11H15BrOS/c12-10-5-4-9(14-10)11(8-13)6-2-1-3-7-11/h4-5,13H,1-3,6-8H2. The molecule has 0 aliphatic heterocycles. The van der Waals surface area contributed by atoms with Crippen molar-refractivity contribution in [3.63, 3.8) is 0 Å². The van der Waals surface area contributed by atoms with Gasteiger partial charge in [0.15, 0.2) is 0 Å². The molecule has 0 spiro atoms. The van der Waals surface area contributed by atoms with E-state index in [1.165, 1.54) is 27.9 Å². The third-order valence-electron chi connectivity index (χ3n) is 3.21. The molecule has 1 fully saturated rings. The Kier molecular flexibility index (Phi) is 3.30. The van der Waals surface area contributed by atoms with Crippen LogP contribution in [0.5, 0.6) is 0 Å². The van der Waals surface area contributed by atoms with Gasteiger partial charge in [-0.3, -0.25) is 0 Å². The van der Waals surface area contributed by atoms with Gasteiger partial charge < -0.3 is 5.11 Å². The van der Waals surface area contributed by atoms with Crippen molar-refractivity contribution in [3.8, 4) is 0 Å². The highest BCUT2D eigenvalue weighted by Gasteiger charge is 2.34. The van der Waals surface area contributed by atoms with Crippen molar-refractivity contribution in [2.45, 2.75) is 37.5 Å². The van der Waals surface area contributed by atoms with Crippen LogP contribution in [0.2, 0.25) is 0 Å². The van der Waals surface area contributed by atoms with Gasteiger partial charge in [-0.25, -0.2) is 0 Å². The number of hydrogen-bond donors (Lipinski definition) is 1. The van der Waals surface area contributed by atoms with Crippen LogP contribution in [0.4, 0.5) is 0 Å². The Morgan fingerprint density at radius 2 is 2.00 bits per heavy atom. The summed E-state index contributed by atoms with van der Waals surface area (Å²) in [6.07, 6.45) is 6.15. The first kappa shape index (κ1) is 10.7. The van der Waals surface area contributed by atoms with E-state index in [4.69, 9.17) is 0 Å². The van der Waals surface area contributed by atoms with Crippen molar-refractivity contribution in [2.24, 2.45) is 0 Å². The van der Waals surface area contributed by atoms with E-state index in [0.717, 1.165) is 12.8 Å². The summed E-state index contributed by atoms with van der Waals surface area (Å²) in [7, 11) is 0. The average Bonchev–Trinajstić information content (AvgIpc) is 2.66. The van der Waals surface area contributed by atoms with Crippen molar-refractivity contribution >= 4 is 27.3 Å². The molecule has 0 saturated heterocycles. The number of thiophene rings is 1. The first-order valence-corrected chi connectivity index (χ1v) is 6.74. The van der Waals surface area contributed by atoms with Crippen molar-refractivity contribution in [1.82, 2.24) is 0 Å². The van der Waals surface area contributed by atoms with E-state index in [2.05, 4.69) is 28.1 Å². The van der Waals surface area contributed by atoms with Gasteiger partial charge in [-0.1, -0.05) is 19.3 Å². The zero-order valence-electron chi connectivity index (χ0n) is 8.13. The fraction of sp³-hybridized carbons (Fsp3) is 0.636. The van der Waals surface area contributed by atoms with E-state index < -0.39 is 0 Å². The molecule has 1 aromatic rings. The lowest BCUT2D eigenvalue weighted by Gasteiger charge is -2.34. The first-order valence-electron chi connectivity index (χ1n) is 5.13. The van der Waals surface area contributed by atoms with E-state index in [-0.39, 0.29) is 5.41 Å². The van der Waals surface area contributed by atoms with Crippen LogP contribution in [0.1, 0.15) is 37.0 Å². The lowest BCUT2D eigenvalue weighted by molar-refractivity contribution is 0.154. The van der Waals surface area contributed by atoms with E-state index in [9.17, 15) is 5.11 Å². The third-order valence-corrected chi connectivity index (χ3v) is 5.08. The highest BCUT2D eigenvalue weighted by molar-refractivity contribution is 9.11. The SMILES string of the molecule is OCC1(c2ccc(Br)s2)CCCCC1. The molecule has 1 nitrogen and oxygen atoms in total. The van der Waals surface area contributed by atoms with Gasteiger partial charge in [-0.2, -0.15) is 0 Å². The predicted molar refractivity (Wildman–Crippen MR) is 63.9 cm³/mol. The van der Waals surface area contributed by atoms with E-state index in [0.29, 0.717) is 6.61 Å². The summed E-state index contributed by atoms with van der Waals surface area (Å²) in [5, 5.41) is 9.60. The zero-order chi connectivity index (χ0) is 10.0. The maximum absolute atomic E-state index is 9.60. The minimum atomic E-state index is 0.0783.